The zero-order chi connectivity index (χ0) is 13.1. The largest absolute Gasteiger partial charge is 0.462 e. The molecular weight excluding hydrogens is 234 g/mol. The van der Waals surface area contributed by atoms with Crippen LogP contribution in [0, 0.1) is 6.92 Å². The lowest BCUT2D eigenvalue weighted by atomic mass is 10.3. The molecule has 0 spiro atoms. The Bertz CT molecular complexity index is 579. The smallest absolute Gasteiger partial charge is 0.341 e. The predicted octanol–water partition coefficient (Wildman–Crippen LogP) is 0.730. The van der Waals surface area contributed by atoms with Gasteiger partial charge in [0.25, 0.3) is 0 Å². The Morgan fingerprint density at radius 1 is 1.50 bits per heavy atom. The van der Waals surface area contributed by atoms with Gasteiger partial charge in [0.15, 0.2) is 5.82 Å². The first-order valence-electron chi connectivity index (χ1n) is 5.42. The second-order valence-electron chi connectivity index (χ2n) is 3.60. The number of nitrogens with zero attached hydrogens (tertiary/aromatic N) is 4. The fraction of sp³-hybridized carbons (Fsp3) is 0.273. The fourth-order valence-electron chi connectivity index (χ4n) is 1.44. The van der Waals surface area contributed by atoms with Crippen molar-refractivity contribution in [1.29, 1.82) is 0 Å². The number of carbonyl (C=O) groups is 1. The van der Waals surface area contributed by atoms with Crippen molar-refractivity contribution in [3.8, 4) is 5.82 Å². The molecule has 0 amide bonds. The third kappa shape index (κ3) is 2.15. The third-order valence-corrected chi connectivity index (χ3v) is 2.41. The maximum absolute atomic E-state index is 11.5. The van der Waals surface area contributed by atoms with Gasteiger partial charge < -0.3 is 10.5 Å². The Hall–Kier alpha value is -2.44. The lowest BCUT2D eigenvalue weighted by molar-refractivity contribution is 0.0526. The van der Waals surface area contributed by atoms with Gasteiger partial charge >= 0.3 is 5.97 Å². The molecule has 2 N–H and O–H groups in total. The van der Waals surface area contributed by atoms with Crippen LogP contribution in [0.5, 0.6) is 0 Å². The maximum atomic E-state index is 11.5. The Balaban J connectivity index is 2.35. The molecule has 0 radical (unpaired) electrons. The molecule has 0 saturated carbocycles. The van der Waals surface area contributed by atoms with Gasteiger partial charge in [0.05, 0.1) is 18.4 Å². The summed E-state index contributed by atoms with van der Waals surface area (Å²) in [5.74, 6) is 0.509. The van der Waals surface area contributed by atoms with E-state index < -0.39 is 5.97 Å². The molecule has 0 bridgehead atoms. The van der Waals surface area contributed by atoms with Crippen LogP contribution in [0.4, 0.5) is 5.82 Å². The number of esters is 1. The highest BCUT2D eigenvalue weighted by Crippen LogP contribution is 2.14. The van der Waals surface area contributed by atoms with Crippen molar-refractivity contribution in [2.45, 2.75) is 13.8 Å². The topological polar surface area (TPSA) is 95.9 Å². The first kappa shape index (κ1) is 12.0. The molecule has 0 saturated heterocycles. The van der Waals surface area contributed by atoms with E-state index in [1.54, 1.807) is 20.0 Å². The number of aromatic nitrogens is 4. The quantitative estimate of drug-likeness (QED) is 0.803. The highest BCUT2D eigenvalue weighted by atomic mass is 16.5. The highest BCUT2D eigenvalue weighted by molar-refractivity contribution is 5.88. The van der Waals surface area contributed by atoms with Crippen molar-refractivity contribution in [2.24, 2.45) is 0 Å². The number of carbonyl (C=O) groups excluding carboxylic acids is 1. The van der Waals surface area contributed by atoms with Crippen molar-refractivity contribution in [1.82, 2.24) is 19.7 Å². The fourth-order valence-corrected chi connectivity index (χ4v) is 1.44. The molecule has 0 aliphatic heterocycles. The van der Waals surface area contributed by atoms with Crippen LogP contribution in [-0.4, -0.2) is 32.3 Å². The lowest BCUT2D eigenvalue weighted by Gasteiger charge is -2.05. The zero-order valence-corrected chi connectivity index (χ0v) is 10.1. The van der Waals surface area contributed by atoms with Gasteiger partial charge in [-0.15, -0.1) is 0 Å². The normalized spacial score (nSPS) is 10.3. The molecule has 0 fully saturated rings. The molecule has 0 atom stereocenters. The van der Waals surface area contributed by atoms with E-state index in [1.165, 1.54) is 17.2 Å². The Labute approximate surface area is 104 Å². The minimum absolute atomic E-state index is 0.323. The van der Waals surface area contributed by atoms with Crippen molar-refractivity contribution in [3.63, 3.8) is 0 Å². The molecule has 0 aliphatic rings. The molecular formula is C11H13N5O2. The van der Waals surface area contributed by atoms with Crippen LogP contribution in [0.1, 0.15) is 22.8 Å². The molecule has 0 aromatic carbocycles. The van der Waals surface area contributed by atoms with E-state index in [1.807, 2.05) is 0 Å². The number of ether oxygens (including phenoxy) is 1. The summed E-state index contributed by atoms with van der Waals surface area (Å²) in [5.41, 5.74) is 6.76. The summed E-state index contributed by atoms with van der Waals surface area (Å²) in [6.07, 6.45) is 4.33. The molecule has 18 heavy (non-hydrogen) atoms. The van der Waals surface area contributed by atoms with Crippen molar-refractivity contribution >= 4 is 11.8 Å². The summed E-state index contributed by atoms with van der Waals surface area (Å²) in [5, 5.41) is 4.06. The molecule has 7 heteroatoms. The van der Waals surface area contributed by atoms with E-state index in [-0.39, 0.29) is 0 Å². The molecule has 0 aliphatic carbocycles. The van der Waals surface area contributed by atoms with Gasteiger partial charge in [0.1, 0.15) is 12.1 Å². The summed E-state index contributed by atoms with van der Waals surface area (Å²) in [7, 11) is 0. The summed E-state index contributed by atoms with van der Waals surface area (Å²) in [6.45, 7) is 3.86. The first-order chi connectivity index (χ1) is 8.63. The van der Waals surface area contributed by atoms with Crippen molar-refractivity contribution in [2.75, 3.05) is 12.3 Å². The average molecular weight is 247 g/mol. The molecule has 7 nitrogen and oxygen atoms in total. The lowest BCUT2D eigenvalue weighted by Crippen LogP contribution is -2.06. The predicted molar refractivity (Wildman–Crippen MR) is 64.3 cm³/mol. The summed E-state index contributed by atoms with van der Waals surface area (Å²) >= 11 is 0. The van der Waals surface area contributed by atoms with Gasteiger partial charge in [-0.05, 0) is 13.8 Å². The van der Waals surface area contributed by atoms with Crippen LogP contribution in [0.25, 0.3) is 5.82 Å². The molecule has 2 aromatic rings. The minimum atomic E-state index is -0.413. The molecule has 94 valence electrons. The van der Waals surface area contributed by atoms with Crippen LogP contribution in [-0.2, 0) is 4.74 Å². The van der Waals surface area contributed by atoms with E-state index in [0.717, 1.165) is 0 Å². The Morgan fingerprint density at radius 2 is 2.28 bits per heavy atom. The number of nitrogens with two attached hydrogens (primary N) is 1. The second kappa shape index (κ2) is 4.82. The van der Waals surface area contributed by atoms with Gasteiger partial charge in [-0.25, -0.2) is 19.4 Å². The standard InChI is InChI=1S/C11H13N5O2/c1-3-18-11(17)8-4-15-16(5-8)10-7(2)9(12)13-6-14-10/h4-6H,3H2,1-2H3,(H2,12,13,14). The second-order valence-corrected chi connectivity index (χ2v) is 3.60. The van der Waals surface area contributed by atoms with E-state index in [0.29, 0.717) is 29.4 Å². The summed E-state index contributed by atoms with van der Waals surface area (Å²) in [4.78, 5) is 19.5. The van der Waals surface area contributed by atoms with Crippen LogP contribution in [0.15, 0.2) is 18.7 Å². The van der Waals surface area contributed by atoms with E-state index in [2.05, 4.69) is 15.1 Å². The third-order valence-electron chi connectivity index (χ3n) is 2.41. The number of anilines is 1. The Morgan fingerprint density at radius 3 is 3.00 bits per heavy atom. The number of hydrogen-bond donors (Lipinski definition) is 1. The van der Waals surface area contributed by atoms with Gasteiger partial charge in [-0.1, -0.05) is 0 Å². The minimum Gasteiger partial charge on any atom is -0.462 e. The molecule has 2 aromatic heterocycles. The van der Waals surface area contributed by atoms with E-state index >= 15 is 0 Å². The zero-order valence-electron chi connectivity index (χ0n) is 10.1. The van der Waals surface area contributed by atoms with Crippen LogP contribution in [0.2, 0.25) is 0 Å². The van der Waals surface area contributed by atoms with Crippen LogP contribution >= 0.6 is 0 Å². The number of nitrogen functional groups attached to an aromatic ring is 1. The summed E-state index contributed by atoms with van der Waals surface area (Å²) < 4.78 is 6.35. The molecule has 2 heterocycles. The number of hydrogen-bond acceptors (Lipinski definition) is 6. The highest BCUT2D eigenvalue weighted by Gasteiger charge is 2.12. The van der Waals surface area contributed by atoms with Gasteiger partial charge in [-0.2, -0.15) is 5.10 Å². The van der Waals surface area contributed by atoms with Crippen LogP contribution < -0.4 is 5.73 Å². The van der Waals surface area contributed by atoms with Gasteiger partial charge in [0, 0.05) is 11.8 Å². The average Bonchev–Trinajstić information content (AvgIpc) is 2.82. The van der Waals surface area contributed by atoms with Gasteiger partial charge in [-0.3, -0.25) is 0 Å². The maximum Gasteiger partial charge on any atom is 0.341 e. The van der Waals surface area contributed by atoms with Gasteiger partial charge in [0.2, 0.25) is 0 Å². The molecule has 0 unspecified atom stereocenters. The molecule has 2 rings (SSSR count). The SMILES string of the molecule is CCOC(=O)c1cnn(-c2ncnc(N)c2C)c1. The van der Waals surface area contributed by atoms with Crippen LogP contribution in [0.3, 0.4) is 0 Å². The first-order valence-corrected chi connectivity index (χ1v) is 5.42. The summed E-state index contributed by atoms with van der Waals surface area (Å²) in [6, 6.07) is 0. The van der Waals surface area contributed by atoms with E-state index in [4.69, 9.17) is 10.5 Å². The Kier molecular flexibility index (Phi) is 3.22. The number of rotatable bonds is 3. The van der Waals surface area contributed by atoms with Crippen molar-refractivity contribution < 1.29 is 9.53 Å². The van der Waals surface area contributed by atoms with E-state index in [9.17, 15) is 4.79 Å². The van der Waals surface area contributed by atoms with Crippen molar-refractivity contribution in [3.05, 3.63) is 29.8 Å². The monoisotopic (exact) mass is 247 g/mol.